The number of nitrogens with zero attached hydrogens (tertiary/aromatic N) is 1. The van der Waals surface area contributed by atoms with Crippen LogP contribution in [0.15, 0.2) is 24.4 Å². The lowest BCUT2D eigenvalue weighted by Gasteiger charge is -2.19. The second-order valence-corrected chi connectivity index (χ2v) is 5.47. The standard InChI is InChI=1S/C14H17F2N3/c1-14(2,3)18-8-13-17-7-12(19-13)10-5-4-9(15)6-11(10)16/h4-7,18H,8H2,1-3H3,(H,17,19). The van der Waals surface area contributed by atoms with Gasteiger partial charge in [0.2, 0.25) is 0 Å². The average Bonchev–Trinajstić information content (AvgIpc) is 2.74. The molecule has 0 saturated carbocycles. The van der Waals surface area contributed by atoms with Crippen molar-refractivity contribution in [2.45, 2.75) is 32.9 Å². The first-order valence-electron chi connectivity index (χ1n) is 6.09. The summed E-state index contributed by atoms with van der Waals surface area (Å²) in [4.78, 5) is 7.21. The molecule has 0 atom stereocenters. The molecule has 0 unspecified atom stereocenters. The molecule has 1 aromatic carbocycles. The van der Waals surface area contributed by atoms with Crippen LogP contribution in [0.5, 0.6) is 0 Å². The highest BCUT2D eigenvalue weighted by molar-refractivity contribution is 5.59. The van der Waals surface area contributed by atoms with Gasteiger partial charge in [-0.05, 0) is 32.9 Å². The summed E-state index contributed by atoms with van der Waals surface area (Å²) in [5, 5.41) is 3.28. The Balaban J connectivity index is 2.16. The fourth-order valence-electron chi connectivity index (χ4n) is 1.65. The van der Waals surface area contributed by atoms with Crippen LogP contribution in [0.3, 0.4) is 0 Å². The van der Waals surface area contributed by atoms with Gasteiger partial charge in [0, 0.05) is 17.2 Å². The van der Waals surface area contributed by atoms with Crippen molar-refractivity contribution in [3.05, 3.63) is 41.9 Å². The molecule has 0 bridgehead atoms. The molecule has 2 rings (SSSR count). The number of rotatable bonds is 3. The Kier molecular flexibility index (Phi) is 3.66. The van der Waals surface area contributed by atoms with Crippen molar-refractivity contribution in [1.29, 1.82) is 0 Å². The van der Waals surface area contributed by atoms with Crippen LogP contribution in [0.25, 0.3) is 11.3 Å². The highest BCUT2D eigenvalue weighted by atomic mass is 19.1. The van der Waals surface area contributed by atoms with Gasteiger partial charge in [0.15, 0.2) is 0 Å². The van der Waals surface area contributed by atoms with Crippen LogP contribution in [0.4, 0.5) is 8.78 Å². The van der Waals surface area contributed by atoms with Gasteiger partial charge in [-0.1, -0.05) is 0 Å². The smallest absolute Gasteiger partial charge is 0.135 e. The van der Waals surface area contributed by atoms with Crippen LogP contribution >= 0.6 is 0 Å². The molecule has 2 aromatic rings. The van der Waals surface area contributed by atoms with E-state index >= 15 is 0 Å². The average molecular weight is 265 g/mol. The number of aromatic nitrogens is 2. The molecular weight excluding hydrogens is 248 g/mol. The van der Waals surface area contributed by atoms with E-state index in [0.717, 1.165) is 6.07 Å². The number of nitrogens with one attached hydrogen (secondary N) is 2. The van der Waals surface area contributed by atoms with Gasteiger partial charge in [0.05, 0.1) is 18.4 Å². The zero-order valence-corrected chi connectivity index (χ0v) is 11.2. The second kappa shape index (κ2) is 5.09. The third kappa shape index (κ3) is 3.61. The van der Waals surface area contributed by atoms with E-state index in [4.69, 9.17) is 0 Å². The number of halogens is 2. The maximum absolute atomic E-state index is 13.6. The summed E-state index contributed by atoms with van der Waals surface area (Å²) in [7, 11) is 0. The van der Waals surface area contributed by atoms with Crippen LogP contribution < -0.4 is 5.32 Å². The number of imidazole rings is 1. The summed E-state index contributed by atoms with van der Waals surface area (Å²) in [6.45, 7) is 6.72. The van der Waals surface area contributed by atoms with Crippen LogP contribution in [0.2, 0.25) is 0 Å². The molecule has 3 nitrogen and oxygen atoms in total. The van der Waals surface area contributed by atoms with Gasteiger partial charge >= 0.3 is 0 Å². The van der Waals surface area contributed by atoms with E-state index in [1.165, 1.54) is 12.1 Å². The quantitative estimate of drug-likeness (QED) is 0.894. The Morgan fingerprint density at radius 1 is 1.26 bits per heavy atom. The molecule has 0 fully saturated rings. The minimum absolute atomic E-state index is 0.0198. The monoisotopic (exact) mass is 265 g/mol. The molecule has 0 aliphatic carbocycles. The van der Waals surface area contributed by atoms with Crippen LogP contribution in [-0.4, -0.2) is 15.5 Å². The topological polar surface area (TPSA) is 40.7 Å². The first-order valence-corrected chi connectivity index (χ1v) is 6.09. The first-order chi connectivity index (χ1) is 8.85. The molecule has 2 N–H and O–H groups in total. The van der Waals surface area contributed by atoms with Crippen molar-refractivity contribution in [2.24, 2.45) is 0 Å². The highest BCUT2D eigenvalue weighted by Crippen LogP contribution is 2.21. The van der Waals surface area contributed by atoms with Crippen LogP contribution in [-0.2, 0) is 6.54 Å². The maximum Gasteiger partial charge on any atom is 0.135 e. The third-order valence-corrected chi connectivity index (χ3v) is 2.64. The molecule has 0 amide bonds. The van der Waals surface area contributed by atoms with Crippen molar-refractivity contribution in [3.8, 4) is 11.3 Å². The van der Waals surface area contributed by atoms with Gasteiger partial charge in [-0.3, -0.25) is 0 Å². The summed E-state index contributed by atoms with van der Waals surface area (Å²) in [5.41, 5.74) is 0.841. The van der Waals surface area contributed by atoms with Gasteiger partial charge in [-0.25, -0.2) is 13.8 Å². The lowest BCUT2D eigenvalue weighted by molar-refractivity contribution is 0.418. The van der Waals surface area contributed by atoms with Crippen molar-refractivity contribution < 1.29 is 8.78 Å². The SMILES string of the molecule is CC(C)(C)NCc1ncc(-c2ccc(F)cc2F)[nH]1. The van der Waals surface area contributed by atoms with Crippen molar-refractivity contribution in [3.63, 3.8) is 0 Å². The fourth-order valence-corrected chi connectivity index (χ4v) is 1.65. The lowest BCUT2D eigenvalue weighted by Crippen LogP contribution is -2.35. The van der Waals surface area contributed by atoms with Gasteiger partial charge in [-0.2, -0.15) is 0 Å². The second-order valence-electron chi connectivity index (χ2n) is 5.47. The minimum Gasteiger partial charge on any atom is -0.341 e. The van der Waals surface area contributed by atoms with E-state index in [-0.39, 0.29) is 5.54 Å². The number of benzene rings is 1. The Labute approximate surface area is 111 Å². The van der Waals surface area contributed by atoms with Gasteiger partial charge in [-0.15, -0.1) is 0 Å². The van der Waals surface area contributed by atoms with E-state index in [1.807, 2.05) is 0 Å². The number of H-pyrrole nitrogens is 1. The lowest BCUT2D eigenvalue weighted by atomic mass is 10.1. The Morgan fingerprint density at radius 2 is 2.00 bits per heavy atom. The van der Waals surface area contributed by atoms with Crippen molar-refractivity contribution in [1.82, 2.24) is 15.3 Å². The van der Waals surface area contributed by atoms with Gasteiger partial charge in [0.1, 0.15) is 17.5 Å². The minimum atomic E-state index is -0.598. The molecule has 0 saturated heterocycles. The molecule has 0 spiro atoms. The molecule has 0 aliphatic rings. The summed E-state index contributed by atoms with van der Waals surface area (Å²) in [6.07, 6.45) is 1.55. The van der Waals surface area contributed by atoms with E-state index in [2.05, 4.69) is 36.1 Å². The predicted octanol–water partition coefficient (Wildman–Crippen LogP) is 3.24. The Bertz CT molecular complexity index is 570. The number of hydrogen-bond donors (Lipinski definition) is 2. The first kappa shape index (κ1) is 13.7. The molecule has 102 valence electrons. The zero-order chi connectivity index (χ0) is 14.0. The molecule has 5 heteroatoms. The number of hydrogen-bond acceptors (Lipinski definition) is 2. The fraction of sp³-hybridized carbons (Fsp3) is 0.357. The van der Waals surface area contributed by atoms with Crippen molar-refractivity contribution >= 4 is 0 Å². The molecule has 1 aromatic heterocycles. The molecule has 0 radical (unpaired) electrons. The van der Waals surface area contributed by atoms with E-state index in [0.29, 0.717) is 23.6 Å². The van der Waals surface area contributed by atoms with Crippen LogP contribution in [0, 0.1) is 11.6 Å². The summed E-state index contributed by atoms with van der Waals surface area (Å²) < 4.78 is 26.5. The summed E-state index contributed by atoms with van der Waals surface area (Å²) >= 11 is 0. The molecular formula is C14H17F2N3. The summed E-state index contributed by atoms with van der Waals surface area (Å²) in [5.74, 6) is -0.469. The number of aromatic amines is 1. The largest absolute Gasteiger partial charge is 0.341 e. The molecule has 0 aliphatic heterocycles. The predicted molar refractivity (Wildman–Crippen MR) is 70.5 cm³/mol. The normalized spacial score (nSPS) is 11.8. The van der Waals surface area contributed by atoms with Gasteiger partial charge < -0.3 is 10.3 Å². The Hall–Kier alpha value is -1.75. The van der Waals surface area contributed by atoms with Crippen molar-refractivity contribution in [2.75, 3.05) is 0 Å². The van der Waals surface area contributed by atoms with Crippen LogP contribution in [0.1, 0.15) is 26.6 Å². The van der Waals surface area contributed by atoms with E-state index in [9.17, 15) is 8.78 Å². The Morgan fingerprint density at radius 3 is 2.63 bits per heavy atom. The third-order valence-electron chi connectivity index (χ3n) is 2.64. The molecule has 1 heterocycles. The molecule has 19 heavy (non-hydrogen) atoms. The summed E-state index contributed by atoms with van der Waals surface area (Å²) in [6, 6.07) is 3.49. The maximum atomic E-state index is 13.6. The van der Waals surface area contributed by atoms with Gasteiger partial charge in [0.25, 0.3) is 0 Å². The highest BCUT2D eigenvalue weighted by Gasteiger charge is 2.12. The zero-order valence-electron chi connectivity index (χ0n) is 11.2. The van der Waals surface area contributed by atoms with E-state index in [1.54, 1.807) is 6.20 Å². The van der Waals surface area contributed by atoms with E-state index < -0.39 is 11.6 Å².